The maximum absolute atomic E-state index is 11.3. The Hall–Kier alpha value is -1.05. The Kier molecular flexibility index (Phi) is 2.69. The molecule has 1 atom stereocenters. The number of nitrogens with zero attached hydrogens (tertiary/aromatic N) is 1. The number of aliphatic hydroxyl groups excluding tert-OH is 1. The fraction of sp³-hybridized carbons (Fsp3) is 0.625. The number of hydrogen-bond donors (Lipinski definition) is 2. The molecule has 4 heteroatoms. The van der Waals surface area contributed by atoms with Gasteiger partial charge in [-0.25, -0.2) is 0 Å². The molecule has 3 N–H and O–H groups in total. The third kappa shape index (κ3) is 1.76. The first-order valence-electron chi connectivity index (χ1n) is 3.81. The summed E-state index contributed by atoms with van der Waals surface area (Å²) < 4.78 is 0. The minimum atomic E-state index is -0.609. The molecule has 1 unspecified atom stereocenters. The van der Waals surface area contributed by atoms with Crippen LogP contribution in [0, 0.1) is 12.3 Å². The summed E-state index contributed by atoms with van der Waals surface area (Å²) in [4.78, 5) is 12.8. The molecule has 1 saturated heterocycles. The largest absolute Gasteiger partial charge is 0.389 e. The van der Waals surface area contributed by atoms with Crippen molar-refractivity contribution in [3.8, 4) is 12.3 Å². The van der Waals surface area contributed by atoms with Crippen LogP contribution in [-0.4, -0.2) is 41.1 Å². The molecule has 66 valence electrons. The van der Waals surface area contributed by atoms with E-state index < -0.39 is 6.04 Å². The van der Waals surface area contributed by atoms with Crippen molar-refractivity contribution in [3.63, 3.8) is 0 Å². The third-order valence-electron chi connectivity index (χ3n) is 1.83. The van der Waals surface area contributed by atoms with Gasteiger partial charge in [0.15, 0.2) is 0 Å². The lowest BCUT2D eigenvalue weighted by Crippen LogP contribution is -2.57. The Balaban J connectivity index is 2.34. The Morgan fingerprint density at radius 2 is 2.42 bits per heavy atom. The summed E-state index contributed by atoms with van der Waals surface area (Å²) in [5, 5.41) is 8.90. The van der Waals surface area contributed by atoms with E-state index in [1.807, 2.05) is 0 Å². The van der Waals surface area contributed by atoms with Crippen LogP contribution in [0.5, 0.6) is 0 Å². The highest BCUT2D eigenvalue weighted by atomic mass is 16.3. The molecule has 0 aromatic carbocycles. The third-order valence-corrected chi connectivity index (χ3v) is 1.83. The summed E-state index contributed by atoms with van der Waals surface area (Å²) in [5.41, 5.74) is 5.47. The number of hydrogen-bond acceptors (Lipinski definition) is 3. The average Bonchev–Trinajstić information content (AvgIpc) is 1.98. The molecule has 0 spiro atoms. The fourth-order valence-corrected chi connectivity index (χ4v) is 1.08. The number of likely N-dealkylation sites (tertiary alicyclic amines) is 1. The lowest BCUT2D eigenvalue weighted by molar-refractivity contribution is -0.142. The quantitative estimate of drug-likeness (QED) is 0.495. The maximum Gasteiger partial charge on any atom is 0.240 e. The van der Waals surface area contributed by atoms with Gasteiger partial charge in [-0.2, -0.15) is 0 Å². The second-order valence-electron chi connectivity index (χ2n) is 2.91. The topological polar surface area (TPSA) is 66.6 Å². The number of nitrogens with two attached hydrogens (primary N) is 1. The van der Waals surface area contributed by atoms with E-state index in [1.54, 1.807) is 0 Å². The minimum absolute atomic E-state index is 0.168. The van der Waals surface area contributed by atoms with E-state index in [-0.39, 0.29) is 18.4 Å². The molecule has 0 saturated carbocycles. The lowest BCUT2D eigenvalue weighted by atomic mass is 10.1. The zero-order valence-corrected chi connectivity index (χ0v) is 6.73. The summed E-state index contributed by atoms with van der Waals surface area (Å²) >= 11 is 0. The van der Waals surface area contributed by atoms with Gasteiger partial charge >= 0.3 is 0 Å². The van der Waals surface area contributed by atoms with Crippen molar-refractivity contribution >= 4 is 5.91 Å². The Morgan fingerprint density at radius 3 is 2.83 bits per heavy atom. The number of aliphatic hydroxyl groups is 1. The van der Waals surface area contributed by atoms with E-state index >= 15 is 0 Å². The van der Waals surface area contributed by atoms with Gasteiger partial charge in [0.2, 0.25) is 5.91 Å². The van der Waals surface area contributed by atoms with Crippen LogP contribution in [0.4, 0.5) is 0 Å². The SMILES string of the molecule is C#CCC(N)C(=O)N1CC(O)C1. The van der Waals surface area contributed by atoms with Gasteiger partial charge in [-0.05, 0) is 0 Å². The highest BCUT2D eigenvalue weighted by Gasteiger charge is 2.31. The van der Waals surface area contributed by atoms with Gasteiger partial charge in [0.05, 0.1) is 12.1 Å². The van der Waals surface area contributed by atoms with E-state index in [0.717, 1.165) is 0 Å². The number of carbonyl (C=O) groups is 1. The van der Waals surface area contributed by atoms with Crippen LogP contribution in [0.15, 0.2) is 0 Å². The molecule has 1 aliphatic rings. The van der Waals surface area contributed by atoms with Gasteiger partial charge in [0, 0.05) is 19.5 Å². The standard InChI is InChI=1S/C8H12N2O2/c1-2-3-7(9)8(12)10-4-6(11)5-10/h1,6-7,11H,3-5,9H2. The molecule has 1 heterocycles. The molecular weight excluding hydrogens is 156 g/mol. The van der Waals surface area contributed by atoms with Crippen molar-refractivity contribution < 1.29 is 9.90 Å². The Morgan fingerprint density at radius 1 is 1.83 bits per heavy atom. The molecule has 1 fully saturated rings. The number of terminal acetylenes is 1. The van der Waals surface area contributed by atoms with E-state index in [9.17, 15) is 4.79 Å². The second kappa shape index (κ2) is 3.57. The van der Waals surface area contributed by atoms with Gasteiger partial charge in [-0.1, -0.05) is 0 Å². The average molecular weight is 168 g/mol. The molecule has 0 bridgehead atoms. The number of amides is 1. The molecule has 12 heavy (non-hydrogen) atoms. The lowest BCUT2D eigenvalue weighted by Gasteiger charge is -2.37. The van der Waals surface area contributed by atoms with E-state index in [2.05, 4.69) is 5.92 Å². The molecule has 0 aromatic rings. The highest BCUT2D eigenvalue weighted by Crippen LogP contribution is 2.09. The first-order valence-corrected chi connectivity index (χ1v) is 3.81. The van der Waals surface area contributed by atoms with Gasteiger partial charge in [0.1, 0.15) is 0 Å². The van der Waals surface area contributed by atoms with Crippen LogP contribution < -0.4 is 5.73 Å². The number of carbonyl (C=O) groups excluding carboxylic acids is 1. The van der Waals surface area contributed by atoms with E-state index in [1.165, 1.54) is 4.90 Å². The van der Waals surface area contributed by atoms with Gasteiger partial charge in [0.25, 0.3) is 0 Å². The summed E-state index contributed by atoms with van der Waals surface area (Å²) in [6, 6.07) is -0.609. The summed E-state index contributed by atoms with van der Waals surface area (Å²) in [7, 11) is 0. The molecule has 1 amide bonds. The summed E-state index contributed by atoms with van der Waals surface area (Å²) in [6.45, 7) is 0.772. The zero-order valence-electron chi connectivity index (χ0n) is 6.73. The predicted molar refractivity (Wildman–Crippen MR) is 44.0 cm³/mol. The normalized spacial score (nSPS) is 19.6. The first-order chi connectivity index (χ1) is 5.65. The fourth-order valence-electron chi connectivity index (χ4n) is 1.08. The van der Waals surface area contributed by atoms with Crippen molar-refractivity contribution in [2.24, 2.45) is 5.73 Å². The molecule has 4 nitrogen and oxygen atoms in total. The molecule has 0 aliphatic carbocycles. The van der Waals surface area contributed by atoms with E-state index in [0.29, 0.717) is 13.1 Å². The van der Waals surface area contributed by atoms with Crippen LogP contribution >= 0.6 is 0 Å². The minimum Gasteiger partial charge on any atom is -0.389 e. The van der Waals surface area contributed by atoms with Crippen molar-refractivity contribution in [1.82, 2.24) is 4.90 Å². The Bertz CT molecular complexity index is 216. The van der Waals surface area contributed by atoms with Gasteiger partial charge < -0.3 is 15.7 Å². The predicted octanol–water partition coefficient (Wildman–Crippen LogP) is -1.46. The van der Waals surface area contributed by atoms with Crippen LogP contribution in [0.2, 0.25) is 0 Å². The monoisotopic (exact) mass is 168 g/mol. The van der Waals surface area contributed by atoms with Crippen molar-refractivity contribution in [2.75, 3.05) is 13.1 Å². The smallest absolute Gasteiger partial charge is 0.240 e. The number of rotatable bonds is 2. The van der Waals surface area contributed by atoms with E-state index in [4.69, 9.17) is 17.3 Å². The molecule has 0 radical (unpaired) electrons. The zero-order chi connectivity index (χ0) is 9.14. The molecule has 0 aromatic heterocycles. The Labute approximate surface area is 71.3 Å². The van der Waals surface area contributed by atoms with Crippen LogP contribution in [0.3, 0.4) is 0 Å². The summed E-state index contributed by atoms with van der Waals surface area (Å²) in [5.74, 6) is 2.16. The van der Waals surface area contributed by atoms with Crippen molar-refractivity contribution in [1.29, 1.82) is 0 Å². The second-order valence-corrected chi connectivity index (χ2v) is 2.91. The molecule has 1 rings (SSSR count). The van der Waals surface area contributed by atoms with Crippen molar-refractivity contribution in [2.45, 2.75) is 18.6 Å². The van der Waals surface area contributed by atoms with Crippen LogP contribution in [-0.2, 0) is 4.79 Å². The number of β-amino-alcohol motifs (C(OH)–C–C–N with tert-alkyl or cyclic N) is 1. The van der Waals surface area contributed by atoms with Gasteiger partial charge in [-0.15, -0.1) is 12.3 Å². The van der Waals surface area contributed by atoms with Crippen LogP contribution in [0.1, 0.15) is 6.42 Å². The molecule has 1 aliphatic heterocycles. The van der Waals surface area contributed by atoms with Crippen molar-refractivity contribution in [3.05, 3.63) is 0 Å². The van der Waals surface area contributed by atoms with Crippen LogP contribution in [0.25, 0.3) is 0 Å². The molecular formula is C8H12N2O2. The summed E-state index contributed by atoms with van der Waals surface area (Å²) in [6.07, 6.45) is 4.88. The highest BCUT2D eigenvalue weighted by molar-refractivity contribution is 5.82. The first kappa shape index (κ1) is 9.04. The maximum atomic E-state index is 11.3. The van der Waals surface area contributed by atoms with Gasteiger partial charge in [-0.3, -0.25) is 4.79 Å².